The molecule has 1 aromatic rings. The molecule has 0 radical (unpaired) electrons. The van der Waals surface area contributed by atoms with Crippen molar-refractivity contribution in [3.8, 4) is 0 Å². The first kappa shape index (κ1) is 20.0. The molecule has 2 rings (SSSR count). The van der Waals surface area contributed by atoms with Gasteiger partial charge in [-0.05, 0) is 30.7 Å². The Hall–Kier alpha value is -1.06. The number of carbonyl (C=O) groups excluding carboxylic acids is 1. The zero-order valence-corrected chi connectivity index (χ0v) is 15.4. The first-order valence-electron chi connectivity index (χ1n) is 8.54. The molecule has 0 bridgehead atoms. The molecule has 0 saturated heterocycles. The molecule has 4 heteroatoms. The predicted octanol–water partition coefficient (Wildman–Crippen LogP) is 3.75. The molecule has 23 heavy (non-hydrogen) atoms. The number of hydrogen-bond donors (Lipinski definition) is 1. The van der Waals surface area contributed by atoms with Crippen LogP contribution < -0.4 is 5.73 Å². The van der Waals surface area contributed by atoms with E-state index in [1.165, 1.54) is 5.56 Å². The van der Waals surface area contributed by atoms with Gasteiger partial charge in [0.2, 0.25) is 5.91 Å². The minimum atomic E-state index is -0.308. The number of nitrogens with zero attached hydrogens (tertiary/aromatic N) is 1. The van der Waals surface area contributed by atoms with Gasteiger partial charge < -0.3 is 10.6 Å². The van der Waals surface area contributed by atoms with Crippen LogP contribution in [-0.2, 0) is 10.2 Å². The second-order valence-corrected chi connectivity index (χ2v) is 7.08. The lowest BCUT2D eigenvalue weighted by atomic mass is 9.77. The molecule has 1 fully saturated rings. The molecule has 0 spiro atoms. The van der Waals surface area contributed by atoms with E-state index in [0.717, 1.165) is 38.6 Å². The van der Waals surface area contributed by atoms with E-state index in [1.807, 2.05) is 30.1 Å². The van der Waals surface area contributed by atoms with Crippen molar-refractivity contribution in [1.82, 2.24) is 4.90 Å². The van der Waals surface area contributed by atoms with E-state index >= 15 is 0 Å². The highest BCUT2D eigenvalue weighted by Crippen LogP contribution is 2.42. The van der Waals surface area contributed by atoms with Crippen LogP contribution in [-0.4, -0.2) is 30.4 Å². The highest BCUT2D eigenvalue weighted by atomic mass is 35.5. The monoisotopic (exact) mass is 338 g/mol. The number of hydrogen-bond acceptors (Lipinski definition) is 2. The van der Waals surface area contributed by atoms with Crippen LogP contribution >= 0.6 is 12.4 Å². The minimum absolute atomic E-state index is 0. The van der Waals surface area contributed by atoms with Gasteiger partial charge >= 0.3 is 0 Å². The summed E-state index contributed by atoms with van der Waals surface area (Å²) in [6.07, 6.45) is 5.08. The second kappa shape index (κ2) is 8.70. The molecule has 1 aliphatic carbocycles. The standard InChI is InChI=1S/C19H30N2O.ClH/c1-15(2)17(20)11-14-21(3)18(22)19(12-7-8-13-19)16-9-5-4-6-10-16;/h4-6,9-10,15,17H,7-8,11-14,20H2,1-3H3;1H. The van der Waals surface area contributed by atoms with Crippen molar-refractivity contribution in [1.29, 1.82) is 0 Å². The van der Waals surface area contributed by atoms with Gasteiger partial charge in [-0.15, -0.1) is 12.4 Å². The average Bonchev–Trinajstić information content (AvgIpc) is 3.03. The van der Waals surface area contributed by atoms with E-state index in [4.69, 9.17) is 5.73 Å². The third kappa shape index (κ3) is 4.48. The van der Waals surface area contributed by atoms with Crippen LogP contribution in [0.15, 0.2) is 30.3 Å². The molecule has 1 atom stereocenters. The summed E-state index contributed by atoms with van der Waals surface area (Å²) in [7, 11) is 1.93. The fourth-order valence-electron chi connectivity index (χ4n) is 3.50. The lowest BCUT2D eigenvalue weighted by Gasteiger charge is -2.33. The van der Waals surface area contributed by atoms with E-state index < -0.39 is 0 Å². The Labute approximate surface area is 147 Å². The van der Waals surface area contributed by atoms with Gasteiger partial charge in [0.05, 0.1) is 5.41 Å². The molecule has 3 nitrogen and oxygen atoms in total. The summed E-state index contributed by atoms with van der Waals surface area (Å²) < 4.78 is 0. The Balaban J connectivity index is 0.00000264. The largest absolute Gasteiger partial charge is 0.345 e. The summed E-state index contributed by atoms with van der Waals surface area (Å²) in [5, 5.41) is 0. The van der Waals surface area contributed by atoms with E-state index in [0.29, 0.717) is 5.92 Å². The van der Waals surface area contributed by atoms with Crippen LogP contribution in [0.5, 0.6) is 0 Å². The Kier molecular flexibility index (Phi) is 7.56. The number of likely N-dealkylation sites (N-methyl/N-ethyl adjacent to an activating group) is 1. The lowest BCUT2D eigenvalue weighted by molar-refractivity contribution is -0.136. The number of halogens is 1. The molecule has 1 aliphatic rings. The maximum Gasteiger partial charge on any atom is 0.232 e. The summed E-state index contributed by atoms with van der Waals surface area (Å²) in [6, 6.07) is 10.5. The third-order valence-electron chi connectivity index (χ3n) is 5.19. The van der Waals surface area contributed by atoms with Crippen molar-refractivity contribution in [3.63, 3.8) is 0 Å². The molecule has 0 aliphatic heterocycles. The van der Waals surface area contributed by atoms with Gasteiger partial charge in [-0.1, -0.05) is 57.0 Å². The summed E-state index contributed by atoms with van der Waals surface area (Å²) in [6.45, 7) is 5.01. The van der Waals surface area contributed by atoms with Crippen molar-refractivity contribution in [3.05, 3.63) is 35.9 Å². The molecule has 1 amide bonds. The van der Waals surface area contributed by atoms with Crippen LogP contribution in [0.1, 0.15) is 51.5 Å². The summed E-state index contributed by atoms with van der Waals surface area (Å²) in [4.78, 5) is 15.0. The number of amides is 1. The predicted molar refractivity (Wildman–Crippen MR) is 98.9 cm³/mol. The lowest BCUT2D eigenvalue weighted by Crippen LogP contribution is -2.45. The first-order chi connectivity index (χ1) is 10.5. The summed E-state index contributed by atoms with van der Waals surface area (Å²) in [5.41, 5.74) is 7.00. The van der Waals surface area contributed by atoms with Crippen LogP contribution in [0.3, 0.4) is 0 Å². The van der Waals surface area contributed by atoms with Gasteiger partial charge in [0, 0.05) is 19.6 Å². The van der Waals surface area contributed by atoms with Crippen LogP contribution in [0, 0.1) is 5.92 Å². The molecule has 0 heterocycles. The zero-order chi connectivity index (χ0) is 16.2. The quantitative estimate of drug-likeness (QED) is 0.858. The maximum atomic E-state index is 13.1. The normalized spacial score (nSPS) is 17.6. The highest BCUT2D eigenvalue weighted by Gasteiger charge is 2.43. The fraction of sp³-hybridized carbons (Fsp3) is 0.632. The highest BCUT2D eigenvalue weighted by molar-refractivity contribution is 5.88. The Morgan fingerprint density at radius 1 is 1.22 bits per heavy atom. The number of nitrogens with two attached hydrogens (primary N) is 1. The molecular formula is C19H31ClN2O. The molecular weight excluding hydrogens is 308 g/mol. The molecule has 130 valence electrons. The van der Waals surface area contributed by atoms with Crippen LogP contribution in [0.2, 0.25) is 0 Å². The van der Waals surface area contributed by atoms with Gasteiger partial charge in [0.25, 0.3) is 0 Å². The van der Waals surface area contributed by atoms with E-state index in [9.17, 15) is 4.79 Å². The molecule has 1 aromatic carbocycles. The molecule has 2 N–H and O–H groups in total. The Bertz CT molecular complexity index is 483. The van der Waals surface area contributed by atoms with Crippen molar-refractivity contribution < 1.29 is 4.79 Å². The SMILES string of the molecule is CC(C)C(N)CCN(C)C(=O)C1(c2ccccc2)CCCC1.Cl. The second-order valence-electron chi connectivity index (χ2n) is 7.08. The molecule has 0 aromatic heterocycles. The van der Waals surface area contributed by atoms with Gasteiger partial charge in [0.15, 0.2) is 0 Å². The number of carbonyl (C=O) groups is 1. The average molecular weight is 339 g/mol. The number of rotatable bonds is 6. The van der Waals surface area contributed by atoms with E-state index in [-0.39, 0.29) is 29.8 Å². The zero-order valence-electron chi connectivity index (χ0n) is 14.6. The number of benzene rings is 1. The Morgan fingerprint density at radius 3 is 2.30 bits per heavy atom. The maximum absolute atomic E-state index is 13.1. The minimum Gasteiger partial charge on any atom is -0.345 e. The van der Waals surface area contributed by atoms with Crippen LogP contribution in [0.4, 0.5) is 0 Å². The fourth-order valence-corrected chi connectivity index (χ4v) is 3.50. The summed E-state index contributed by atoms with van der Waals surface area (Å²) >= 11 is 0. The van der Waals surface area contributed by atoms with Crippen molar-refractivity contribution >= 4 is 18.3 Å². The van der Waals surface area contributed by atoms with Crippen molar-refractivity contribution in [2.45, 2.75) is 57.4 Å². The van der Waals surface area contributed by atoms with Gasteiger partial charge in [-0.2, -0.15) is 0 Å². The topological polar surface area (TPSA) is 46.3 Å². The van der Waals surface area contributed by atoms with Gasteiger partial charge in [-0.25, -0.2) is 0 Å². The van der Waals surface area contributed by atoms with Crippen molar-refractivity contribution in [2.24, 2.45) is 11.7 Å². The third-order valence-corrected chi connectivity index (χ3v) is 5.19. The molecule has 1 unspecified atom stereocenters. The Morgan fingerprint density at radius 2 is 1.78 bits per heavy atom. The van der Waals surface area contributed by atoms with Gasteiger partial charge in [-0.3, -0.25) is 4.79 Å². The summed E-state index contributed by atoms with van der Waals surface area (Å²) in [5.74, 6) is 0.727. The van der Waals surface area contributed by atoms with Gasteiger partial charge in [0.1, 0.15) is 0 Å². The molecule has 1 saturated carbocycles. The van der Waals surface area contributed by atoms with Crippen molar-refractivity contribution in [2.75, 3.05) is 13.6 Å². The van der Waals surface area contributed by atoms with E-state index in [2.05, 4.69) is 26.0 Å². The smallest absolute Gasteiger partial charge is 0.232 e. The first-order valence-corrected chi connectivity index (χ1v) is 8.54. The van der Waals surface area contributed by atoms with E-state index in [1.54, 1.807) is 0 Å². The van der Waals surface area contributed by atoms with Crippen LogP contribution in [0.25, 0.3) is 0 Å².